The number of nitrogens with zero attached hydrogens (tertiary/aromatic N) is 1. The minimum atomic E-state index is -0.680. The number of carbonyl (C=O) groups is 1. The van der Waals surface area contributed by atoms with Crippen LogP contribution in [0.15, 0.2) is 54.6 Å². The highest BCUT2D eigenvalue weighted by Crippen LogP contribution is 2.24. The zero-order chi connectivity index (χ0) is 18.4. The highest BCUT2D eigenvalue weighted by atomic mass is 35.5. The van der Waals surface area contributed by atoms with Gasteiger partial charge in [-0.2, -0.15) is 0 Å². The standard InChI is InChI=1S/C20H24ClN3O2/c21-17-8-4-7-16(13-17)18(24-9-11-26-12-10-24)14-23-20(25)19(22)15-5-2-1-3-6-15/h1-8,13,18-19H,9-12,14,22H2,(H,23,25). The number of carbonyl (C=O) groups excluding carboxylic acids is 1. The first-order chi connectivity index (χ1) is 12.6. The Balaban J connectivity index is 1.70. The van der Waals surface area contributed by atoms with Gasteiger partial charge in [-0.1, -0.05) is 54.1 Å². The van der Waals surface area contributed by atoms with Gasteiger partial charge in [-0.15, -0.1) is 0 Å². The molecule has 3 N–H and O–H groups in total. The third kappa shape index (κ3) is 4.83. The first kappa shape index (κ1) is 18.9. The largest absolute Gasteiger partial charge is 0.379 e. The first-order valence-corrected chi connectivity index (χ1v) is 9.18. The lowest BCUT2D eigenvalue weighted by Gasteiger charge is -2.35. The van der Waals surface area contributed by atoms with Gasteiger partial charge in [0.2, 0.25) is 5.91 Å². The van der Waals surface area contributed by atoms with E-state index in [0.717, 1.165) is 24.2 Å². The molecular formula is C20H24ClN3O2. The van der Waals surface area contributed by atoms with Crippen LogP contribution in [0.3, 0.4) is 0 Å². The van der Waals surface area contributed by atoms with Crippen LogP contribution in [0.2, 0.25) is 5.02 Å². The van der Waals surface area contributed by atoms with Gasteiger partial charge in [0.25, 0.3) is 0 Å². The summed E-state index contributed by atoms with van der Waals surface area (Å²) >= 11 is 6.17. The van der Waals surface area contributed by atoms with Gasteiger partial charge in [-0.3, -0.25) is 9.69 Å². The van der Waals surface area contributed by atoms with E-state index in [-0.39, 0.29) is 11.9 Å². The second kappa shape index (κ2) is 9.14. The highest BCUT2D eigenvalue weighted by Gasteiger charge is 2.24. The van der Waals surface area contributed by atoms with Gasteiger partial charge in [0, 0.05) is 24.7 Å². The minimum Gasteiger partial charge on any atom is -0.379 e. The molecule has 2 aromatic rings. The summed E-state index contributed by atoms with van der Waals surface area (Å²) in [5.74, 6) is -0.184. The number of nitrogens with two attached hydrogens (primary N) is 1. The van der Waals surface area contributed by atoms with E-state index in [1.807, 2.05) is 54.6 Å². The van der Waals surface area contributed by atoms with E-state index >= 15 is 0 Å². The minimum absolute atomic E-state index is 0.0320. The predicted octanol–water partition coefficient (Wildman–Crippen LogP) is 2.53. The summed E-state index contributed by atoms with van der Waals surface area (Å²) in [5.41, 5.74) is 7.98. The van der Waals surface area contributed by atoms with Crippen molar-refractivity contribution in [3.8, 4) is 0 Å². The lowest BCUT2D eigenvalue weighted by molar-refractivity contribution is -0.122. The van der Waals surface area contributed by atoms with Crippen molar-refractivity contribution in [2.75, 3.05) is 32.8 Å². The number of ether oxygens (including phenoxy) is 1. The maximum absolute atomic E-state index is 12.5. The van der Waals surface area contributed by atoms with Crippen molar-refractivity contribution in [3.05, 3.63) is 70.7 Å². The van der Waals surface area contributed by atoms with E-state index in [0.29, 0.717) is 24.8 Å². The van der Waals surface area contributed by atoms with E-state index in [2.05, 4.69) is 10.2 Å². The van der Waals surface area contributed by atoms with Crippen LogP contribution in [0, 0.1) is 0 Å². The van der Waals surface area contributed by atoms with Crippen molar-refractivity contribution in [3.63, 3.8) is 0 Å². The van der Waals surface area contributed by atoms with E-state index in [1.165, 1.54) is 0 Å². The highest BCUT2D eigenvalue weighted by molar-refractivity contribution is 6.30. The number of hydrogen-bond donors (Lipinski definition) is 2. The molecule has 3 rings (SSSR count). The molecular weight excluding hydrogens is 350 g/mol. The molecule has 5 nitrogen and oxygen atoms in total. The quantitative estimate of drug-likeness (QED) is 0.816. The summed E-state index contributed by atoms with van der Waals surface area (Å²) in [7, 11) is 0. The molecule has 0 saturated carbocycles. The van der Waals surface area contributed by atoms with Gasteiger partial charge in [-0.25, -0.2) is 0 Å². The number of nitrogens with one attached hydrogen (secondary N) is 1. The molecule has 26 heavy (non-hydrogen) atoms. The molecule has 6 heteroatoms. The number of rotatable bonds is 6. The number of hydrogen-bond acceptors (Lipinski definition) is 4. The lowest BCUT2D eigenvalue weighted by Crippen LogP contribution is -2.45. The van der Waals surface area contributed by atoms with Gasteiger partial charge in [0.1, 0.15) is 6.04 Å². The SMILES string of the molecule is NC(C(=O)NCC(c1cccc(Cl)c1)N1CCOCC1)c1ccccc1. The van der Waals surface area contributed by atoms with Crippen LogP contribution in [0.1, 0.15) is 23.2 Å². The third-order valence-electron chi connectivity index (χ3n) is 4.63. The molecule has 2 aromatic carbocycles. The molecule has 1 aliphatic rings. The van der Waals surface area contributed by atoms with Gasteiger partial charge in [0.05, 0.1) is 19.3 Å². The van der Waals surface area contributed by atoms with Crippen molar-refractivity contribution in [2.24, 2.45) is 5.73 Å². The average Bonchev–Trinajstić information content (AvgIpc) is 2.69. The molecule has 0 aromatic heterocycles. The van der Waals surface area contributed by atoms with Crippen LogP contribution >= 0.6 is 11.6 Å². The second-order valence-electron chi connectivity index (χ2n) is 6.35. The Hall–Kier alpha value is -1.92. The third-order valence-corrected chi connectivity index (χ3v) is 4.87. The Morgan fingerprint density at radius 1 is 1.12 bits per heavy atom. The summed E-state index contributed by atoms with van der Waals surface area (Å²) in [6.45, 7) is 3.48. The maximum atomic E-state index is 12.5. The number of benzene rings is 2. The predicted molar refractivity (Wildman–Crippen MR) is 103 cm³/mol. The molecule has 1 fully saturated rings. The number of morpholine rings is 1. The van der Waals surface area contributed by atoms with Gasteiger partial charge < -0.3 is 15.8 Å². The Kier molecular flexibility index (Phi) is 6.63. The topological polar surface area (TPSA) is 67.6 Å². The molecule has 0 spiro atoms. The first-order valence-electron chi connectivity index (χ1n) is 8.80. The fourth-order valence-electron chi connectivity index (χ4n) is 3.18. The number of halogens is 1. The molecule has 138 valence electrons. The van der Waals surface area contributed by atoms with Crippen LogP contribution in [0.25, 0.3) is 0 Å². The van der Waals surface area contributed by atoms with Gasteiger partial charge in [-0.05, 0) is 23.3 Å². The number of amides is 1. The Labute approximate surface area is 159 Å². The van der Waals surface area contributed by atoms with Gasteiger partial charge in [0.15, 0.2) is 0 Å². The van der Waals surface area contributed by atoms with E-state index in [1.54, 1.807) is 0 Å². The van der Waals surface area contributed by atoms with E-state index in [4.69, 9.17) is 22.1 Å². The summed E-state index contributed by atoms with van der Waals surface area (Å²) in [6, 6.07) is 16.5. The Bertz CT molecular complexity index is 720. The Morgan fingerprint density at radius 3 is 2.50 bits per heavy atom. The monoisotopic (exact) mass is 373 g/mol. The lowest BCUT2D eigenvalue weighted by atomic mass is 10.0. The van der Waals surface area contributed by atoms with Crippen LogP contribution in [-0.2, 0) is 9.53 Å². The fraction of sp³-hybridized carbons (Fsp3) is 0.350. The van der Waals surface area contributed by atoms with E-state index < -0.39 is 6.04 Å². The fourth-order valence-corrected chi connectivity index (χ4v) is 3.38. The molecule has 0 radical (unpaired) electrons. The van der Waals surface area contributed by atoms with Crippen LogP contribution in [0.4, 0.5) is 0 Å². The second-order valence-corrected chi connectivity index (χ2v) is 6.79. The summed E-state index contributed by atoms with van der Waals surface area (Å²) < 4.78 is 5.46. The van der Waals surface area contributed by atoms with Crippen molar-refractivity contribution >= 4 is 17.5 Å². The van der Waals surface area contributed by atoms with Crippen LogP contribution in [0.5, 0.6) is 0 Å². The van der Waals surface area contributed by atoms with Gasteiger partial charge >= 0.3 is 0 Å². The van der Waals surface area contributed by atoms with Crippen LogP contribution in [-0.4, -0.2) is 43.7 Å². The molecule has 1 aliphatic heterocycles. The summed E-state index contributed by atoms with van der Waals surface area (Å²) in [4.78, 5) is 14.8. The molecule has 1 amide bonds. The summed E-state index contributed by atoms with van der Waals surface area (Å²) in [5, 5.41) is 3.69. The average molecular weight is 374 g/mol. The molecule has 2 unspecified atom stereocenters. The van der Waals surface area contributed by atoms with Crippen molar-refractivity contribution in [1.82, 2.24) is 10.2 Å². The van der Waals surface area contributed by atoms with Crippen molar-refractivity contribution < 1.29 is 9.53 Å². The van der Waals surface area contributed by atoms with Crippen molar-refractivity contribution in [2.45, 2.75) is 12.1 Å². The molecule has 1 saturated heterocycles. The van der Waals surface area contributed by atoms with Crippen LogP contribution < -0.4 is 11.1 Å². The smallest absolute Gasteiger partial charge is 0.241 e. The zero-order valence-electron chi connectivity index (χ0n) is 14.6. The molecule has 1 heterocycles. The normalized spacial score (nSPS) is 17.5. The molecule has 0 aliphatic carbocycles. The Morgan fingerprint density at radius 2 is 1.81 bits per heavy atom. The maximum Gasteiger partial charge on any atom is 0.241 e. The van der Waals surface area contributed by atoms with E-state index in [9.17, 15) is 4.79 Å². The van der Waals surface area contributed by atoms with Crippen molar-refractivity contribution in [1.29, 1.82) is 0 Å². The zero-order valence-corrected chi connectivity index (χ0v) is 15.4. The molecule has 0 bridgehead atoms. The molecule has 2 atom stereocenters. The summed E-state index contributed by atoms with van der Waals surface area (Å²) in [6.07, 6.45) is 0.